The van der Waals surface area contributed by atoms with Gasteiger partial charge in [0.15, 0.2) is 0 Å². The van der Waals surface area contributed by atoms with Gasteiger partial charge >= 0.3 is 18.5 Å². The molecule has 1 heterocycles. The number of benzene rings is 1. The lowest BCUT2D eigenvalue weighted by Crippen LogP contribution is -2.52. The highest BCUT2D eigenvalue weighted by Crippen LogP contribution is 2.46. The number of carbonyl (C=O) groups is 1. The molecule has 1 saturated carbocycles. The van der Waals surface area contributed by atoms with Crippen molar-refractivity contribution in [2.75, 3.05) is 13.2 Å². The van der Waals surface area contributed by atoms with Crippen LogP contribution < -0.4 is 10.6 Å². The molecule has 4 nitrogen and oxygen atoms in total. The maximum atomic E-state index is 13.4. The van der Waals surface area contributed by atoms with Crippen LogP contribution >= 0.6 is 0 Å². The minimum Gasteiger partial charge on any atom is -0.381 e. The highest BCUT2D eigenvalue weighted by Gasteiger charge is 2.51. The average Bonchev–Trinajstić information content (AvgIpc) is 3.21. The SMILES string of the molecule is CC(C)[C@]1(C(=O)NCc2cc(C(F)(F)F)cc(C(F)(F)F)c2)CC[C@@H](NC2CCOCC2C(F)(F)F)C1. The summed E-state index contributed by atoms with van der Waals surface area (Å²) < 4.78 is 124. The van der Waals surface area contributed by atoms with Gasteiger partial charge in [-0.05, 0) is 55.4 Å². The van der Waals surface area contributed by atoms with E-state index in [9.17, 15) is 44.3 Å². The van der Waals surface area contributed by atoms with Crippen LogP contribution in [-0.2, 0) is 28.4 Å². The standard InChI is InChI=1S/C24H29F9N2O2/c1-13(2)21(5-3-17(10-21)35-19-4-6-37-12-18(19)24(31,32)33)20(36)34-11-14-7-15(22(25,26)27)9-16(8-14)23(28,29)30/h7-9,13,17-19,35H,3-6,10-12H2,1-2H3,(H,34,36)/t17-,18?,19?,21+/m1/s1. The van der Waals surface area contributed by atoms with Crippen molar-refractivity contribution in [2.45, 2.75) is 76.7 Å². The molecule has 1 amide bonds. The van der Waals surface area contributed by atoms with E-state index in [4.69, 9.17) is 4.74 Å². The Kier molecular flexibility index (Phi) is 8.48. The molecule has 1 aromatic carbocycles. The molecule has 4 atom stereocenters. The maximum absolute atomic E-state index is 13.4. The molecular weight excluding hydrogens is 519 g/mol. The van der Waals surface area contributed by atoms with Gasteiger partial charge in [0, 0.05) is 25.2 Å². The first-order valence-corrected chi connectivity index (χ1v) is 11.9. The van der Waals surface area contributed by atoms with Gasteiger partial charge in [-0.15, -0.1) is 0 Å². The molecule has 210 valence electrons. The summed E-state index contributed by atoms with van der Waals surface area (Å²) in [7, 11) is 0. The Bertz CT molecular complexity index is 927. The summed E-state index contributed by atoms with van der Waals surface area (Å²) in [6.45, 7) is 2.65. The van der Waals surface area contributed by atoms with Crippen LogP contribution in [-0.4, -0.2) is 37.4 Å². The summed E-state index contributed by atoms with van der Waals surface area (Å²) in [6.07, 6.45) is -13.4. The van der Waals surface area contributed by atoms with Crippen LogP contribution in [0.2, 0.25) is 0 Å². The molecule has 1 aliphatic heterocycles. The molecule has 0 aromatic heterocycles. The van der Waals surface area contributed by atoms with E-state index in [-0.39, 0.29) is 37.0 Å². The van der Waals surface area contributed by atoms with Gasteiger partial charge in [-0.3, -0.25) is 4.79 Å². The molecule has 2 N–H and O–H groups in total. The van der Waals surface area contributed by atoms with Crippen molar-refractivity contribution in [1.29, 1.82) is 0 Å². The first kappa shape index (κ1) is 29.5. The van der Waals surface area contributed by atoms with Gasteiger partial charge in [-0.2, -0.15) is 39.5 Å². The molecular formula is C24H29F9N2O2. The zero-order valence-electron chi connectivity index (χ0n) is 20.2. The molecule has 0 bridgehead atoms. The van der Waals surface area contributed by atoms with Crippen LogP contribution in [0.1, 0.15) is 56.2 Å². The molecule has 0 radical (unpaired) electrons. The highest BCUT2D eigenvalue weighted by molar-refractivity contribution is 5.83. The second-order valence-corrected chi connectivity index (χ2v) is 10.1. The smallest absolute Gasteiger partial charge is 0.381 e. The fraction of sp³-hybridized carbons (Fsp3) is 0.708. The van der Waals surface area contributed by atoms with Crippen molar-refractivity contribution in [3.8, 4) is 0 Å². The summed E-state index contributed by atoms with van der Waals surface area (Å²) in [6, 6.07) is -0.168. The van der Waals surface area contributed by atoms with E-state index >= 15 is 0 Å². The Labute approximate surface area is 208 Å². The quantitative estimate of drug-likeness (QED) is 0.423. The number of alkyl halides is 9. The molecule has 2 unspecified atom stereocenters. The van der Waals surface area contributed by atoms with Crippen molar-refractivity contribution in [1.82, 2.24) is 10.6 Å². The van der Waals surface area contributed by atoms with Crippen LogP contribution in [0.5, 0.6) is 0 Å². The van der Waals surface area contributed by atoms with Gasteiger partial charge in [0.05, 0.1) is 29.1 Å². The number of amides is 1. The topological polar surface area (TPSA) is 50.4 Å². The second-order valence-electron chi connectivity index (χ2n) is 10.1. The monoisotopic (exact) mass is 548 g/mol. The molecule has 1 aliphatic carbocycles. The molecule has 1 saturated heterocycles. The number of rotatable bonds is 6. The van der Waals surface area contributed by atoms with Crippen molar-refractivity contribution >= 4 is 5.91 Å². The fourth-order valence-electron chi connectivity index (χ4n) is 5.25. The van der Waals surface area contributed by atoms with Crippen molar-refractivity contribution in [2.24, 2.45) is 17.3 Å². The third-order valence-corrected chi connectivity index (χ3v) is 7.43. The highest BCUT2D eigenvalue weighted by atomic mass is 19.4. The van der Waals surface area contributed by atoms with E-state index in [0.29, 0.717) is 25.0 Å². The Morgan fingerprint density at radius 3 is 2.11 bits per heavy atom. The van der Waals surface area contributed by atoms with E-state index in [1.807, 2.05) is 0 Å². The van der Waals surface area contributed by atoms with Gasteiger partial charge in [0.25, 0.3) is 0 Å². The van der Waals surface area contributed by atoms with Crippen LogP contribution in [0.25, 0.3) is 0 Å². The largest absolute Gasteiger partial charge is 0.416 e. The number of halogens is 9. The molecule has 3 rings (SSSR count). The average molecular weight is 548 g/mol. The number of hydrogen-bond donors (Lipinski definition) is 2. The number of hydrogen-bond acceptors (Lipinski definition) is 3. The maximum Gasteiger partial charge on any atom is 0.416 e. The van der Waals surface area contributed by atoms with Crippen LogP contribution in [0, 0.1) is 17.3 Å². The number of nitrogens with one attached hydrogen (secondary N) is 2. The van der Waals surface area contributed by atoms with Crippen molar-refractivity contribution < 1.29 is 49.0 Å². The second kappa shape index (κ2) is 10.6. The molecule has 2 aliphatic rings. The predicted octanol–water partition coefficient (Wildman–Crippen LogP) is 6.09. The third-order valence-electron chi connectivity index (χ3n) is 7.43. The summed E-state index contributed by atoms with van der Waals surface area (Å²) >= 11 is 0. The van der Waals surface area contributed by atoms with E-state index < -0.39 is 72.1 Å². The van der Waals surface area contributed by atoms with Crippen LogP contribution in [0.3, 0.4) is 0 Å². The minimum absolute atomic E-state index is 0.0126. The molecule has 13 heteroatoms. The lowest BCUT2D eigenvalue weighted by molar-refractivity contribution is -0.208. The van der Waals surface area contributed by atoms with Gasteiger partial charge in [-0.25, -0.2) is 0 Å². The van der Waals surface area contributed by atoms with Crippen molar-refractivity contribution in [3.05, 3.63) is 34.9 Å². The lowest BCUT2D eigenvalue weighted by atomic mass is 9.74. The molecule has 37 heavy (non-hydrogen) atoms. The summed E-state index contributed by atoms with van der Waals surface area (Å²) in [5, 5.41) is 5.51. The van der Waals surface area contributed by atoms with Gasteiger partial charge in [0.1, 0.15) is 0 Å². The van der Waals surface area contributed by atoms with E-state index in [0.717, 1.165) is 0 Å². The van der Waals surface area contributed by atoms with Crippen LogP contribution in [0.4, 0.5) is 39.5 Å². The van der Waals surface area contributed by atoms with Gasteiger partial charge in [0.2, 0.25) is 5.91 Å². The Balaban J connectivity index is 1.73. The van der Waals surface area contributed by atoms with E-state index in [1.165, 1.54) is 0 Å². The predicted molar refractivity (Wildman–Crippen MR) is 115 cm³/mol. The first-order valence-electron chi connectivity index (χ1n) is 11.9. The number of carbonyl (C=O) groups excluding carboxylic acids is 1. The Morgan fingerprint density at radius 1 is 1.00 bits per heavy atom. The molecule has 1 aromatic rings. The Morgan fingerprint density at radius 2 is 1.59 bits per heavy atom. The molecule has 2 fully saturated rings. The fourth-order valence-corrected chi connectivity index (χ4v) is 5.25. The van der Waals surface area contributed by atoms with E-state index in [1.54, 1.807) is 13.8 Å². The minimum atomic E-state index is -5.01. The lowest BCUT2D eigenvalue weighted by Gasteiger charge is -2.36. The normalized spacial score (nSPS) is 27.5. The van der Waals surface area contributed by atoms with Gasteiger partial charge in [-0.1, -0.05) is 13.8 Å². The van der Waals surface area contributed by atoms with Gasteiger partial charge < -0.3 is 15.4 Å². The van der Waals surface area contributed by atoms with Crippen LogP contribution in [0.15, 0.2) is 18.2 Å². The zero-order valence-corrected chi connectivity index (χ0v) is 20.2. The first-order chi connectivity index (χ1) is 16.9. The Hall–Kier alpha value is -2.02. The summed E-state index contributed by atoms with van der Waals surface area (Å²) in [4.78, 5) is 13.2. The zero-order chi connectivity index (χ0) is 27.8. The third kappa shape index (κ3) is 6.90. The van der Waals surface area contributed by atoms with E-state index in [2.05, 4.69) is 10.6 Å². The number of ether oxygens (including phenoxy) is 1. The molecule has 0 spiro atoms. The summed E-state index contributed by atoms with van der Waals surface area (Å²) in [5.41, 5.74) is -4.36. The van der Waals surface area contributed by atoms with Crippen molar-refractivity contribution in [3.63, 3.8) is 0 Å². The summed E-state index contributed by atoms with van der Waals surface area (Å²) in [5.74, 6) is -2.52.